The van der Waals surface area contributed by atoms with Crippen molar-refractivity contribution in [2.75, 3.05) is 0 Å². The van der Waals surface area contributed by atoms with E-state index in [-0.39, 0.29) is 5.75 Å². The number of rotatable bonds is 3. The summed E-state index contributed by atoms with van der Waals surface area (Å²) in [4.78, 5) is 0. The Kier molecular flexibility index (Phi) is 4.44. The Morgan fingerprint density at radius 1 is 1.10 bits per heavy atom. The summed E-state index contributed by atoms with van der Waals surface area (Å²) in [5, 5.41) is 0.609. The van der Waals surface area contributed by atoms with Crippen LogP contribution in [0.2, 0.25) is 5.02 Å². The first kappa shape index (κ1) is 15.7. The van der Waals surface area contributed by atoms with Gasteiger partial charge >= 0.3 is 6.36 Å². The highest BCUT2D eigenvalue weighted by Gasteiger charge is 2.31. The van der Waals surface area contributed by atoms with E-state index in [0.29, 0.717) is 10.6 Å². The topological polar surface area (TPSA) is 35.2 Å². The van der Waals surface area contributed by atoms with Crippen molar-refractivity contribution in [3.05, 3.63) is 64.2 Å². The Balaban J connectivity index is 2.22. The Morgan fingerprint density at radius 2 is 1.71 bits per heavy atom. The molecule has 0 spiro atoms. The van der Waals surface area contributed by atoms with Crippen LogP contribution in [0.4, 0.5) is 13.2 Å². The Hall–Kier alpha value is -1.72. The van der Waals surface area contributed by atoms with Gasteiger partial charge in [-0.1, -0.05) is 29.8 Å². The number of aryl methyl sites for hydroxylation is 1. The molecule has 2 N–H and O–H groups in total. The second kappa shape index (κ2) is 5.95. The third kappa shape index (κ3) is 4.12. The SMILES string of the molecule is Cc1cc(Cl)ccc1[C@@H](N)c1ccc(OC(F)(F)F)cc1. The summed E-state index contributed by atoms with van der Waals surface area (Å²) in [5.74, 6) is -0.272. The lowest BCUT2D eigenvalue weighted by atomic mass is 9.96. The van der Waals surface area contributed by atoms with Crippen LogP contribution in [-0.4, -0.2) is 6.36 Å². The molecule has 0 aliphatic heterocycles. The van der Waals surface area contributed by atoms with Crippen LogP contribution in [0.15, 0.2) is 42.5 Å². The molecule has 0 fully saturated rings. The van der Waals surface area contributed by atoms with Crippen LogP contribution in [0.3, 0.4) is 0 Å². The summed E-state index contributed by atoms with van der Waals surface area (Å²) in [6.07, 6.45) is -4.70. The summed E-state index contributed by atoms with van der Waals surface area (Å²) in [5.41, 5.74) is 8.61. The molecule has 1 atom stereocenters. The fourth-order valence-electron chi connectivity index (χ4n) is 2.04. The molecule has 112 valence electrons. The third-order valence-corrected chi connectivity index (χ3v) is 3.27. The van der Waals surface area contributed by atoms with E-state index in [9.17, 15) is 13.2 Å². The van der Waals surface area contributed by atoms with E-state index in [2.05, 4.69) is 4.74 Å². The molecule has 0 aliphatic rings. The fraction of sp³-hybridized carbons (Fsp3) is 0.200. The third-order valence-electron chi connectivity index (χ3n) is 3.04. The van der Waals surface area contributed by atoms with Crippen molar-refractivity contribution < 1.29 is 17.9 Å². The zero-order valence-corrected chi connectivity index (χ0v) is 11.9. The molecule has 0 aliphatic carbocycles. The molecule has 0 bridgehead atoms. The predicted octanol–water partition coefficient (Wildman–Crippen LogP) is 4.60. The summed E-state index contributed by atoms with van der Waals surface area (Å²) in [7, 11) is 0. The highest BCUT2D eigenvalue weighted by Crippen LogP contribution is 2.28. The fourth-order valence-corrected chi connectivity index (χ4v) is 2.27. The maximum absolute atomic E-state index is 12.1. The minimum Gasteiger partial charge on any atom is -0.406 e. The Morgan fingerprint density at radius 3 is 2.24 bits per heavy atom. The van der Waals surface area contributed by atoms with Crippen molar-refractivity contribution >= 4 is 11.6 Å². The van der Waals surface area contributed by atoms with Crippen LogP contribution in [-0.2, 0) is 0 Å². The number of benzene rings is 2. The van der Waals surface area contributed by atoms with Gasteiger partial charge in [0.1, 0.15) is 5.75 Å². The molecule has 2 rings (SSSR count). The second-order valence-electron chi connectivity index (χ2n) is 4.60. The van der Waals surface area contributed by atoms with Crippen LogP contribution < -0.4 is 10.5 Å². The van der Waals surface area contributed by atoms with Crippen LogP contribution in [0.25, 0.3) is 0 Å². The molecule has 0 aromatic heterocycles. The molecular formula is C15H13ClF3NO. The van der Waals surface area contributed by atoms with E-state index < -0.39 is 12.4 Å². The largest absolute Gasteiger partial charge is 0.573 e. The van der Waals surface area contributed by atoms with E-state index in [1.54, 1.807) is 12.1 Å². The lowest BCUT2D eigenvalue weighted by molar-refractivity contribution is -0.274. The molecule has 6 heteroatoms. The van der Waals surface area contributed by atoms with Gasteiger partial charge < -0.3 is 10.5 Å². The number of ether oxygens (including phenoxy) is 1. The Bertz CT molecular complexity index is 626. The zero-order valence-electron chi connectivity index (χ0n) is 11.1. The van der Waals surface area contributed by atoms with Crippen molar-refractivity contribution in [3.8, 4) is 5.75 Å². The van der Waals surface area contributed by atoms with Crippen LogP contribution in [0, 0.1) is 6.92 Å². The Labute approximate surface area is 125 Å². The smallest absolute Gasteiger partial charge is 0.406 e. The van der Waals surface area contributed by atoms with Crippen LogP contribution >= 0.6 is 11.6 Å². The van der Waals surface area contributed by atoms with E-state index in [4.69, 9.17) is 17.3 Å². The van der Waals surface area contributed by atoms with Crippen LogP contribution in [0.1, 0.15) is 22.7 Å². The van der Waals surface area contributed by atoms with Gasteiger partial charge in [-0.05, 0) is 47.9 Å². The second-order valence-corrected chi connectivity index (χ2v) is 5.03. The summed E-state index contributed by atoms with van der Waals surface area (Å²) in [6, 6.07) is 10.4. The van der Waals surface area contributed by atoms with Gasteiger partial charge in [0, 0.05) is 5.02 Å². The molecule has 0 radical (unpaired) electrons. The molecule has 0 unspecified atom stereocenters. The molecule has 0 heterocycles. The highest BCUT2D eigenvalue weighted by atomic mass is 35.5. The lowest BCUT2D eigenvalue weighted by Gasteiger charge is -2.16. The van der Waals surface area contributed by atoms with Crippen molar-refractivity contribution in [3.63, 3.8) is 0 Å². The maximum Gasteiger partial charge on any atom is 0.573 e. The van der Waals surface area contributed by atoms with E-state index in [0.717, 1.165) is 11.1 Å². The standard InChI is InChI=1S/C15H13ClF3NO/c1-9-8-11(16)4-7-13(9)14(20)10-2-5-12(6-3-10)21-15(17,18)19/h2-8,14H,20H2,1H3/t14-/m0/s1. The van der Waals surface area contributed by atoms with Crippen LogP contribution in [0.5, 0.6) is 5.75 Å². The van der Waals surface area contributed by atoms with Gasteiger partial charge in [0.25, 0.3) is 0 Å². The summed E-state index contributed by atoms with van der Waals surface area (Å²) >= 11 is 5.89. The van der Waals surface area contributed by atoms with Crippen molar-refractivity contribution in [1.29, 1.82) is 0 Å². The van der Waals surface area contributed by atoms with Gasteiger partial charge in [-0.15, -0.1) is 13.2 Å². The number of nitrogens with two attached hydrogens (primary N) is 1. The average molecular weight is 316 g/mol. The minimum absolute atomic E-state index is 0.272. The normalized spacial score (nSPS) is 13.0. The average Bonchev–Trinajstić information content (AvgIpc) is 2.37. The summed E-state index contributed by atoms with van der Waals surface area (Å²) in [6.45, 7) is 1.88. The minimum atomic E-state index is -4.70. The monoisotopic (exact) mass is 315 g/mol. The molecule has 0 amide bonds. The molecule has 2 aromatic carbocycles. The molecular weight excluding hydrogens is 303 g/mol. The van der Waals surface area contributed by atoms with Crippen molar-refractivity contribution in [2.45, 2.75) is 19.3 Å². The maximum atomic E-state index is 12.1. The number of hydrogen-bond acceptors (Lipinski definition) is 2. The quantitative estimate of drug-likeness (QED) is 0.898. The zero-order chi connectivity index (χ0) is 15.6. The molecule has 2 aromatic rings. The predicted molar refractivity (Wildman–Crippen MR) is 75.3 cm³/mol. The number of halogens is 4. The van der Waals surface area contributed by atoms with Gasteiger partial charge in [0.2, 0.25) is 0 Å². The first-order valence-corrected chi connectivity index (χ1v) is 6.51. The molecule has 0 saturated carbocycles. The first-order chi connectivity index (χ1) is 9.76. The summed E-state index contributed by atoms with van der Waals surface area (Å²) < 4.78 is 40.1. The number of hydrogen-bond donors (Lipinski definition) is 1. The van der Waals surface area contributed by atoms with Crippen molar-refractivity contribution in [2.24, 2.45) is 5.73 Å². The van der Waals surface area contributed by atoms with E-state index in [1.165, 1.54) is 24.3 Å². The van der Waals surface area contributed by atoms with Gasteiger partial charge in [-0.3, -0.25) is 0 Å². The van der Waals surface area contributed by atoms with Gasteiger partial charge in [0.05, 0.1) is 6.04 Å². The molecule has 21 heavy (non-hydrogen) atoms. The highest BCUT2D eigenvalue weighted by molar-refractivity contribution is 6.30. The van der Waals surface area contributed by atoms with Gasteiger partial charge in [-0.2, -0.15) is 0 Å². The van der Waals surface area contributed by atoms with Gasteiger partial charge in [-0.25, -0.2) is 0 Å². The van der Waals surface area contributed by atoms with Gasteiger partial charge in [0.15, 0.2) is 0 Å². The number of alkyl halides is 3. The molecule has 0 saturated heterocycles. The van der Waals surface area contributed by atoms with E-state index >= 15 is 0 Å². The van der Waals surface area contributed by atoms with Crippen molar-refractivity contribution in [1.82, 2.24) is 0 Å². The first-order valence-electron chi connectivity index (χ1n) is 6.13. The van der Waals surface area contributed by atoms with E-state index in [1.807, 2.05) is 13.0 Å². The lowest BCUT2D eigenvalue weighted by Crippen LogP contribution is -2.17. The molecule has 2 nitrogen and oxygen atoms in total.